The van der Waals surface area contributed by atoms with Crippen molar-refractivity contribution in [1.29, 1.82) is 5.26 Å². The molecule has 0 atom stereocenters. The van der Waals surface area contributed by atoms with Crippen LogP contribution < -0.4 is 9.64 Å². The molecule has 0 aliphatic carbocycles. The molecule has 3 aromatic rings. The number of carbonyl (C=O) groups excluding carboxylic acids is 1. The largest absolute Gasteiger partial charge is 0.494 e. The van der Waals surface area contributed by atoms with Crippen molar-refractivity contribution < 1.29 is 18.4 Å². The highest BCUT2D eigenvalue weighted by molar-refractivity contribution is 6.30. The zero-order valence-electron chi connectivity index (χ0n) is 16.8. The number of piperazine rings is 1. The van der Waals surface area contributed by atoms with Gasteiger partial charge in [-0.2, -0.15) is 10.2 Å². The number of aromatic nitrogens is 1. The van der Waals surface area contributed by atoms with Crippen LogP contribution >= 0.6 is 11.6 Å². The number of nitrogens with zero attached hydrogens (tertiary/aromatic N) is 4. The first-order chi connectivity index (χ1) is 15.1. The van der Waals surface area contributed by atoms with E-state index in [-0.39, 0.29) is 17.5 Å². The second-order valence-electron chi connectivity index (χ2n) is 7.04. The van der Waals surface area contributed by atoms with Gasteiger partial charge in [-0.1, -0.05) is 11.6 Å². The zero-order valence-corrected chi connectivity index (χ0v) is 17.5. The van der Waals surface area contributed by atoms with Gasteiger partial charge in [0.05, 0.1) is 12.9 Å². The number of oxazole rings is 1. The van der Waals surface area contributed by atoms with Crippen LogP contribution in [0.25, 0.3) is 11.7 Å². The van der Waals surface area contributed by atoms with Crippen LogP contribution in [0, 0.1) is 11.3 Å². The maximum absolute atomic E-state index is 12.5. The molecule has 1 aliphatic heterocycles. The molecule has 1 aromatic carbocycles. The number of carbonyl (C=O) groups is 1. The Morgan fingerprint density at radius 3 is 2.65 bits per heavy atom. The van der Waals surface area contributed by atoms with Crippen molar-refractivity contribution in [3.63, 3.8) is 0 Å². The third kappa shape index (κ3) is 5.01. The van der Waals surface area contributed by atoms with Crippen molar-refractivity contribution in [3.05, 3.63) is 53.4 Å². The topological polar surface area (TPSA) is 95.7 Å². The van der Waals surface area contributed by atoms with Gasteiger partial charge in [0.25, 0.3) is 5.89 Å². The molecule has 0 N–H and O–H groups in total. The van der Waals surface area contributed by atoms with Crippen LogP contribution in [-0.4, -0.2) is 48.6 Å². The average Bonchev–Trinajstić information content (AvgIpc) is 3.48. The van der Waals surface area contributed by atoms with Gasteiger partial charge in [-0.05, 0) is 42.8 Å². The lowest BCUT2D eigenvalue weighted by Gasteiger charge is -2.34. The van der Waals surface area contributed by atoms with Gasteiger partial charge in [-0.15, -0.1) is 0 Å². The number of nitriles is 1. The number of ether oxygens (including phenoxy) is 1. The smallest absolute Gasteiger partial charge is 0.266 e. The number of benzene rings is 1. The number of hydrogen-bond acceptors (Lipinski definition) is 7. The summed E-state index contributed by atoms with van der Waals surface area (Å²) in [5.41, 5.74) is 0.213. The Morgan fingerprint density at radius 1 is 1.19 bits per heavy atom. The molecule has 8 nitrogen and oxygen atoms in total. The number of hydrogen-bond donors (Lipinski definition) is 0. The minimum Gasteiger partial charge on any atom is -0.494 e. The highest BCUT2D eigenvalue weighted by Crippen LogP contribution is 2.29. The van der Waals surface area contributed by atoms with E-state index >= 15 is 0 Å². The second-order valence-corrected chi connectivity index (χ2v) is 7.47. The van der Waals surface area contributed by atoms with Gasteiger partial charge >= 0.3 is 0 Å². The first kappa shape index (κ1) is 20.8. The third-order valence-electron chi connectivity index (χ3n) is 4.98. The van der Waals surface area contributed by atoms with Crippen LogP contribution in [0.3, 0.4) is 0 Å². The highest BCUT2D eigenvalue weighted by atomic mass is 35.5. The molecule has 0 spiro atoms. The van der Waals surface area contributed by atoms with Crippen LogP contribution in [0.4, 0.5) is 5.88 Å². The van der Waals surface area contributed by atoms with Crippen molar-refractivity contribution in [2.75, 3.05) is 37.7 Å². The van der Waals surface area contributed by atoms with Crippen LogP contribution in [0.15, 0.2) is 51.5 Å². The van der Waals surface area contributed by atoms with E-state index in [0.29, 0.717) is 62.3 Å². The fourth-order valence-electron chi connectivity index (χ4n) is 3.37. The van der Waals surface area contributed by atoms with E-state index in [1.165, 1.54) is 6.26 Å². The predicted molar refractivity (Wildman–Crippen MR) is 114 cm³/mol. The van der Waals surface area contributed by atoms with Gasteiger partial charge in [0.2, 0.25) is 17.5 Å². The minimum absolute atomic E-state index is 0.0914. The zero-order chi connectivity index (χ0) is 21.6. The lowest BCUT2D eigenvalue weighted by Crippen LogP contribution is -2.48. The van der Waals surface area contributed by atoms with Crippen molar-refractivity contribution in [2.24, 2.45) is 0 Å². The second kappa shape index (κ2) is 9.58. The predicted octanol–water partition coefficient (Wildman–Crippen LogP) is 3.97. The summed E-state index contributed by atoms with van der Waals surface area (Å²) in [5, 5.41) is 10.1. The Kier molecular flexibility index (Phi) is 6.43. The molecule has 4 rings (SSSR count). The first-order valence-corrected chi connectivity index (χ1v) is 10.4. The molecule has 160 valence electrons. The van der Waals surface area contributed by atoms with E-state index in [2.05, 4.69) is 11.1 Å². The Hall–Kier alpha value is -3.44. The van der Waals surface area contributed by atoms with Gasteiger partial charge in [-0.25, -0.2) is 0 Å². The molecule has 3 heterocycles. The Balaban J connectivity index is 1.25. The molecule has 1 fully saturated rings. The molecule has 0 radical (unpaired) electrons. The fourth-order valence-corrected chi connectivity index (χ4v) is 3.49. The standard InChI is InChI=1S/C22H21ClN4O4/c23-16-5-7-17(8-6-16)29-13-2-4-20(28)26-9-11-27(12-10-26)22-18(15-24)25-21(31-22)19-3-1-14-30-19/h1,3,5-8,14H,2,4,9-13H2. The van der Waals surface area contributed by atoms with Crippen LogP contribution in [0.1, 0.15) is 18.5 Å². The van der Waals surface area contributed by atoms with Gasteiger partial charge in [0.15, 0.2) is 5.76 Å². The fraction of sp³-hybridized carbons (Fsp3) is 0.318. The molecule has 1 saturated heterocycles. The average molecular weight is 441 g/mol. The highest BCUT2D eigenvalue weighted by Gasteiger charge is 2.26. The summed E-state index contributed by atoms with van der Waals surface area (Å²) < 4.78 is 16.7. The van der Waals surface area contributed by atoms with Crippen molar-refractivity contribution in [1.82, 2.24) is 9.88 Å². The van der Waals surface area contributed by atoms with Crippen LogP contribution in [0.5, 0.6) is 5.75 Å². The maximum Gasteiger partial charge on any atom is 0.266 e. The Morgan fingerprint density at radius 2 is 1.97 bits per heavy atom. The van der Waals surface area contributed by atoms with Gasteiger partial charge in [0.1, 0.15) is 11.8 Å². The molecule has 0 saturated carbocycles. The van der Waals surface area contributed by atoms with Crippen molar-refractivity contribution in [3.8, 4) is 23.5 Å². The van der Waals surface area contributed by atoms with E-state index in [9.17, 15) is 10.1 Å². The minimum atomic E-state index is 0.0914. The van der Waals surface area contributed by atoms with E-state index in [4.69, 9.17) is 25.2 Å². The lowest BCUT2D eigenvalue weighted by atomic mass is 10.2. The summed E-state index contributed by atoms with van der Waals surface area (Å²) in [6.45, 7) is 2.70. The summed E-state index contributed by atoms with van der Waals surface area (Å²) >= 11 is 5.85. The van der Waals surface area contributed by atoms with Gasteiger partial charge in [0, 0.05) is 37.6 Å². The molecule has 31 heavy (non-hydrogen) atoms. The number of rotatable bonds is 7. The number of anilines is 1. The molecule has 2 aromatic heterocycles. The summed E-state index contributed by atoms with van der Waals surface area (Å²) in [5.74, 6) is 1.99. The number of furan rings is 1. The molecule has 1 amide bonds. The van der Waals surface area contributed by atoms with Gasteiger partial charge < -0.3 is 23.4 Å². The van der Waals surface area contributed by atoms with Crippen molar-refractivity contribution in [2.45, 2.75) is 12.8 Å². The summed E-state index contributed by atoms with van der Waals surface area (Å²) in [6, 6.07) is 12.7. The van der Waals surface area contributed by atoms with Crippen LogP contribution in [0.2, 0.25) is 5.02 Å². The van der Waals surface area contributed by atoms with E-state index in [1.54, 1.807) is 36.4 Å². The molecular weight excluding hydrogens is 420 g/mol. The molecule has 9 heteroatoms. The Labute approximate surface area is 184 Å². The molecule has 1 aliphatic rings. The molecule has 0 unspecified atom stereocenters. The number of halogens is 1. The lowest BCUT2D eigenvalue weighted by molar-refractivity contribution is -0.131. The van der Waals surface area contributed by atoms with E-state index < -0.39 is 0 Å². The van der Waals surface area contributed by atoms with Crippen LogP contribution in [-0.2, 0) is 4.79 Å². The van der Waals surface area contributed by atoms with E-state index in [0.717, 1.165) is 5.75 Å². The molecule has 0 bridgehead atoms. The Bertz CT molecular complexity index is 1050. The maximum atomic E-state index is 12.5. The van der Waals surface area contributed by atoms with Gasteiger partial charge in [-0.3, -0.25) is 4.79 Å². The summed E-state index contributed by atoms with van der Waals surface area (Å²) in [7, 11) is 0. The quantitative estimate of drug-likeness (QED) is 0.513. The number of amides is 1. The monoisotopic (exact) mass is 440 g/mol. The molecular formula is C22H21ClN4O4. The van der Waals surface area contributed by atoms with Crippen molar-refractivity contribution >= 4 is 23.4 Å². The third-order valence-corrected chi connectivity index (χ3v) is 5.24. The first-order valence-electron chi connectivity index (χ1n) is 10.00. The summed E-state index contributed by atoms with van der Waals surface area (Å²) in [4.78, 5) is 20.5. The normalized spacial score (nSPS) is 13.8. The SMILES string of the molecule is N#Cc1nc(-c2ccco2)oc1N1CCN(C(=O)CCCOc2ccc(Cl)cc2)CC1. The summed E-state index contributed by atoms with van der Waals surface area (Å²) in [6.07, 6.45) is 2.58. The van der Waals surface area contributed by atoms with E-state index in [1.807, 2.05) is 9.80 Å².